The SMILES string of the molecule is Cc1nn2cccnc2c1C(=O)OCC(=O)c1ccc(C(C)C)cc1. The number of nitrogens with zero attached hydrogens (tertiary/aromatic N) is 3. The summed E-state index contributed by atoms with van der Waals surface area (Å²) < 4.78 is 6.70. The maximum absolute atomic E-state index is 12.4. The Bertz CT molecular complexity index is 927. The van der Waals surface area contributed by atoms with Gasteiger partial charge in [-0.25, -0.2) is 14.3 Å². The summed E-state index contributed by atoms with van der Waals surface area (Å²) in [6.45, 7) is 5.57. The van der Waals surface area contributed by atoms with Crippen LogP contribution >= 0.6 is 0 Å². The van der Waals surface area contributed by atoms with Crippen molar-refractivity contribution in [1.29, 1.82) is 0 Å². The van der Waals surface area contributed by atoms with Crippen molar-refractivity contribution in [3.8, 4) is 0 Å². The van der Waals surface area contributed by atoms with E-state index in [0.29, 0.717) is 22.8 Å². The highest BCUT2D eigenvalue weighted by atomic mass is 16.5. The molecule has 3 aromatic rings. The minimum atomic E-state index is -0.599. The topological polar surface area (TPSA) is 73.6 Å². The van der Waals surface area contributed by atoms with E-state index in [2.05, 4.69) is 23.9 Å². The highest BCUT2D eigenvalue weighted by Gasteiger charge is 2.20. The zero-order chi connectivity index (χ0) is 18.0. The first kappa shape index (κ1) is 16.8. The Kier molecular flexibility index (Phi) is 4.61. The maximum Gasteiger partial charge on any atom is 0.344 e. The number of aryl methyl sites for hydroxylation is 1. The number of esters is 1. The highest BCUT2D eigenvalue weighted by Crippen LogP contribution is 2.16. The molecule has 0 aliphatic rings. The largest absolute Gasteiger partial charge is 0.454 e. The molecule has 3 rings (SSSR count). The molecule has 6 heteroatoms. The van der Waals surface area contributed by atoms with Crippen molar-refractivity contribution in [2.75, 3.05) is 6.61 Å². The zero-order valence-electron chi connectivity index (χ0n) is 14.4. The van der Waals surface area contributed by atoms with Gasteiger partial charge in [0.15, 0.2) is 18.0 Å². The van der Waals surface area contributed by atoms with Gasteiger partial charge in [0.05, 0.1) is 5.69 Å². The van der Waals surface area contributed by atoms with Crippen LogP contribution in [0.25, 0.3) is 5.65 Å². The lowest BCUT2D eigenvalue weighted by molar-refractivity contribution is 0.0475. The Morgan fingerprint density at radius 2 is 1.92 bits per heavy atom. The number of carbonyl (C=O) groups excluding carboxylic acids is 2. The first-order valence-electron chi connectivity index (χ1n) is 8.07. The number of aromatic nitrogens is 3. The molecule has 0 fully saturated rings. The summed E-state index contributed by atoms with van der Waals surface area (Å²) in [7, 11) is 0. The molecule has 0 saturated heterocycles. The van der Waals surface area contributed by atoms with E-state index in [-0.39, 0.29) is 18.0 Å². The van der Waals surface area contributed by atoms with E-state index in [1.54, 1.807) is 37.5 Å². The highest BCUT2D eigenvalue weighted by molar-refractivity contribution is 6.01. The van der Waals surface area contributed by atoms with Gasteiger partial charge in [0, 0.05) is 18.0 Å². The number of carbonyl (C=O) groups is 2. The van der Waals surface area contributed by atoms with Crippen LogP contribution in [0.2, 0.25) is 0 Å². The molecule has 0 N–H and O–H groups in total. The summed E-state index contributed by atoms with van der Waals surface area (Å²) in [5, 5.41) is 4.21. The number of fused-ring (bicyclic) bond motifs is 1. The van der Waals surface area contributed by atoms with E-state index in [4.69, 9.17) is 4.74 Å². The van der Waals surface area contributed by atoms with E-state index in [9.17, 15) is 9.59 Å². The summed E-state index contributed by atoms with van der Waals surface area (Å²) in [5.74, 6) is -0.447. The molecule has 0 bridgehead atoms. The van der Waals surface area contributed by atoms with Gasteiger partial charge >= 0.3 is 5.97 Å². The average molecular weight is 337 g/mol. The molecule has 0 unspecified atom stereocenters. The lowest BCUT2D eigenvalue weighted by atomic mass is 10.0. The molecule has 128 valence electrons. The van der Waals surface area contributed by atoms with E-state index in [1.165, 1.54) is 4.52 Å². The van der Waals surface area contributed by atoms with Crippen LogP contribution in [0.4, 0.5) is 0 Å². The average Bonchev–Trinajstić information content (AvgIpc) is 2.95. The normalized spacial score (nSPS) is 11.0. The van der Waals surface area contributed by atoms with Crippen LogP contribution in [-0.2, 0) is 4.74 Å². The van der Waals surface area contributed by atoms with Crippen LogP contribution < -0.4 is 0 Å². The molecule has 0 atom stereocenters. The van der Waals surface area contributed by atoms with E-state index >= 15 is 0 Å². The molecule has 2 aromatic heterocycles. The van der Waals surface area contributed by atoms with Gasteiger partial charge in [-0.1, -0.05) is 38.1 Å². The molecular formula is C19H19N3O3. The van der Waals surface area contributed by atoms with Crippen LogP contribution in [0, 0.1) is 6.92 Å². The molecule has 0 spiro atoms. The fourth-order valence-electron chi connectivity index (χ4n) is 2.58. The molecule has 1 aromatic carbocycles. The van der Waals surface area contributed by atoms with Gasteiger partial charge in [-0.3, -0.25) is 4.79 Å². The number of benzene rings is 1. The van der Waals surface area contributed by atoms with Gasteiger partial charge in [0.1, 0.15) is 5.56 Å². The Labute approximate surface area is 145 Å². The number of ketones is 1. The van der Waals surface area contributed by atoms with Crippen molar-refractivity contribution in [2.24, 2.45) is 0 Å². The van der Waals surface area contributed by atoms with Gasteiger partial charge in [0.25, 0.3) is 0 Å². The second-order valence-electron chi connectivity index (χ2n) is 6.12. The Morgan fingerprint density at radius 1 is 1.20 bits per heavy atom. The number of Topliss-reactive ketones (excluding diaryl/α,β-unsaturated/α-hetero) is 1. The third-order valence-corrected chi connectivity index (χ3v) is 4.01. The van der Waals surface area contributed by atoms with Crippen LogP contribution in [-0.4, -0.2) is 33.0 Å². The van der Waals surface area contributed by atoms with Gasteiger partial charge < -0.3 is 4.74 Å². The van der Waals surface area contributed by atoms with Crippen LogP contribution in [0.5, 0.6) is 0 Å². The molecule has 0 radical (unpaired) electrons. The molecule has 25 heavy (non-hydrogen) atoms. The molecule has 0 aliphatic heterocycles. The maximum atomic E-state index is 12.4. The molecule has 0 amide bonds. The summed E-state index contributed by atoms with van der Waals surface area (Å²) in [5.41, 5.74) is 2.88. The summed E-state index contributed by atoms with van der Waals surface area (Å²) in [6.07, 6.45) is 3.28. The van der Waals surface area contributed by atoms with Crippen molar-refractivity contribution >= 4 is 17.4 Å². The van der Waals surface area contributed by atoms with E-state index < -0.39 is 5.97 Å². The summed E-state index contributed by atoms with van der Waals surface area (Å²) >= 11 is 0. The Balaban J connectivity index is 1.71. The van der Waals surface area contributed by atoms with Crippen LogP contribution in [0.15, 0.2) is 42.7 Å². The van der Waals surface area contributed by atoms with Gasteiger partial charge in [-0.05, 0) is 24.5 Å². The summed E-state index contributed by atoms with van der Waals surface area (Å²) in [4.78, 5) is 28.7. The zero-order valence-corrected chi connectivity index (χ0v) is 14.4. The van der Waals surface area contributed by atoms with E-state index in [1.807, 2.05) is 12.1 Å². The molecule has 0 aliphatic carbocycles. The third kappa shape index (κ3) is 3.42. The number of ether oxygens (including phenoxy) is 1. The predicted molar refractivity (Wildman–Crippen MR) is 92.9 cm³/mol. The summed E-state index contributed by atoms with van der Waals surface area (Å²) in [6, 6.07) is 9.07. The fraction of sp³-hybridized carbons (Fsp3) is 0.263. The second-order valence-corrected chi connectivity index (χ2v) is 6.12. The Hall–Kier alpha value is -3.02. The van der Waals surface area contributed by atoms with Gasteiger partial charge in [-0.2, -0.15) is 5.10 Å². The smallest absolute Gasteiger partial charge is 0.344 e. The van der Waals surface area contributed by atoms with Crippen molar-refractivity contribution in [3.05, 3.63) is 65.1 Å². The fourth-order valence-corrected chi connectivity index (χ4v) is 2.58. The first-order chi connectivity index (χ1) is 12.0. The predicted octanol–water partition coefficient (Wildman–Crippen LogP) is 3.20. The molecule has 2 heterocycles. The monoisotopic (exact) mass is 337 g/mol. The standard InChI is InChI=1S/C19H19N3O3/c1-12(2)14-5-7-15(8-6-14)16(23)11-25-19(24)17-13(3)21-22-10-4-9-20-18(17)22/h4-10,12H,11H2,1-3H3. The number of rotatable bonds is 5. The third-order valence-electron chi connectivity index (χ3n) is 4.01. The Morgan fingerprint density at radius 3 is 2.60 bits per heavy atom. The van der Waals surface area contributed by atoms with Crippen molar-refractivity contribution in [3.63, 3.8) is 0 Å². The minimum Gasteiger partial charge on any atom is -0.454 e. The molecular weight excluding hydrogens is 318 g/mol. The van der Waals surface area contributed by atoms with Crippen molar-refractivity contribution in [2.45, 2.75) is 26.7 Å². The van der Waals surface area contributed by atoms with Gasteiger partial charge in [-0.15, -0.1) is 0 Å². The quantitative estimate of drug-likeness (QED) is 0.528. The molecule has 6 nitrogen and oxygen atoms in total. The van der Waals surface area contributed by atoms with Crippen molar-refractivity contribution < 1.29 is 14.3 Å². The van der Waals surface area contributed by atoms with Gasteiger partial charge in [0.2, 0.25) is 0 Å². The number of hydrogen-bond acceptors (Lipinski definition) is 5. The second kappa shape index (κ2) is 6.84. The van der Waals surface area contributed by atoms with E-state index in [0.717, 1.165) is 5.56 Å². The molecule has 0 saturated carbocycles. The lowest BCUT2D eigenvalue weighted by Crippen LogP contribution is -2.15. The number of hydrogen-bond donors (Lipinski definition) is 0. The minimum absolute atomic E-state index is 0.245. The van der Waals surface area contributed by atoms with Crippen LogP contribution in [0.1, 0.15) is 51.7 Å². The lowest BCUT2D eigenvalue weighted by Gasteiger charge is -2.07. The van der Waals surface area contributed by atoms with Crippen molar-refractivity contribution in [1.82, 2.24) is 14.6 Å². The van der Waals surface area contributed by atoms with Crippen LogP contribution in [0.3, 0.4) is 0 Å². The first-order valence-corrected chi connectivity index (χ1v) is 8.07.